The number of hydrogen-bond acceptors (Lipinski definition) is 5. The molecule has 2 N–H and O–H groups in total. The second-order valence-corrected chi connectivity index (χ2v) is 6.15. The Kier molecular flexibility index (Phi) is 4.62. The van der Waals surface area contributed by atoms with Crippen LogP contribution in [0.15, 0.2) is 10.7 Å². The molecule has 0 atom stereocenters. The molecular formula is C13H20BrN3O2. The number of rotatable bonds is 4. The third-order valence-electron chi connectivity index (χ3n) is 3.82. The molecule has 2 rings (SSSR count). The monoisotopic (exact) mass is 329 g/mol. The first-order valence-electron chi connectivity index (χ1n) is 6.54. The van der Waals surface area contributed by atoms with Gasteiger partial charge in [0.15, 0.2) is 0 Å². The molecule has 5 nitrogen and oxygen atoms in total. The van der Waals surface area contributed by atoms with E-state index in [0.29, 0.717) is 11.8 Å². The summed E-state index contributed by atoms with van der Waals surface area (Å²) in [7, 11) is 1.57. The summed E-state index contributed by atoms with van der Waals surface area (Å²) >= 11 is 3.33. The van der Waals surface area contributed by atoms with Gasteiger partial charge in [-0.25, -0.2) is 4.98 Å². The average molecular weight is 330 g/mol. The van der Waals surface area contributed by atoms with Crippen LogP contribution >= 0.6 is 15.9 Å². The molecule has 1 aromatic rings. The van der Waals surface area contributed by atoms with Crippen LogP contribution in [0.3, 0.4) is 0 Å². The molecule has 19 heavy (non-hydrogen) atoms. The largest absolute Gasteiger partial charge is 0.480 e. The molecule has 6 heteroatoms. The molecule has 0 aliphatic heterocycles. The lowest BCUT2D eigenvalue weighted by Crippen LogP contribution is -2.45. The van der Waals surface area contributed by atoms with Gasteiger partial charge in [0.05, 0.1) is 29.9 Å². The number of nitrogens with one attached hydrogen (secondary N) is 1. The van der Waals surface area contributed by atoms with Crippen molar-refractivity contribution in [3.8, 4) is 5.88 Å². The number of aromatic nitrogens is 2. The fraction of sp³-hybridized carbons (Fsp3) is 0.692. The second kappa shape index (κ2) is 6.05. The third-order valence-corrected chi connectivity index (χ3v) is 4.36. The normalized spacial score (nSPS) is 27.1. The quantitative estimate of drug-likeness (QED) is 0.888. The summed E-state index contributed by atoms with van der Waals surface area (Å²) in [5.74, 6) is 1.72. The van der Waals surface area contributed by atoms with Gasteiger partial charge in [0.25, 0.3) is 0 Å². The molecule has 1 heterocycles. The number of aliphatic hydroxyl groups excluding tert-OH is 1. The fourth-order valence-electron chi connectivity index (χ4n) is 2.43. The molecule has 0 amide bonds. The average Bonchev–Trinajstić information content (AvgIpc) is 2.44. The van der Waals surface area contributed by atoms with Gasteiger partial charge in [0.1, 0.15) is 0 Å². The van der Waals surface area contributed by atoms with Crippen molar-refractivity contribution >= 4 is 21.9 Å². The van der Waals surface area contributed by atoms with Crippen LogP contribution in [0.4, 0.5) is 5.95 Å². The minimum atomic E-state index is -0.300. The SMILES string of the molecule is COc1nc(NC2(CO)CCC(C)CC2)ncc1Br. The third kappa shape index (κ3) is 3.36. The maximum atomic E-state index is 9.71. The van der Waals surface area contributed by atoms with Crippen molar-refractivity contribution in [1.29, 1.82) is 0 Å². The van der Waals surface area contributed by atoms with Crippen LogP contribution in [0.5, 0.6) is 5.88 Å². The second-order valence-electron chi connectivity index (χ2n) is 5.30. The number of aliphatic hydroxyl groups is 1. The van der Waals surface area contributed by atoms with Crippen molar-refractivity contribution in [2.75, 3.05) is 19.0 Å². The molecule has 0 radical (unpaired) electrons. The zero-order valence-electron chi connectivity index (χ0n) is 11.3. The molecule has 0 spiro atoms. The van der Waals surface area contributed by atoms with Crippen molar-refractivity contribution in [2.24, 2.45) is 5.92 Å². The highest BCUT2D eigenvalue weighted by atomic mass is 79.9. The van der Waals surface area contributed by atoms with Gasteiger partial charge in [-0.05, 0) is 47.5 Å². The van der Waals surface area contributed by atoms with Gasteiger partial charge >= 0.3 is 0 Å². The van der Waals surface area contributed by atoms with E-state index in [1.165, 1.54) is 0 Å². The molecule has 0 saturated heterocycles. The predicted molar refractivity (Wildman–Crippen MR) is 77.4 cm³/mol. The molecule has 0 aromatic carbocycles. The van der Waals surface area contributed by atoms with Crippen molar-refractivity contribution in [2.45, 2.75) is 38.1 Å². The highest BCUT2D eigenvalue weighted by Gasteiger charge is 2.34. The predicted octanol–water partition coefficient (Wildman–Crippen LogP) is 2.60. The van der Waals surface area contributed by atoms with Crippen LogP contribution in [0.2, 0.25) is 0 Å². The zero-order chi connectivity index (χ0) is 13.9. The van der Waals surface area contributed by atoms with Crippen LogP contribution < -0.4 is 10.1 Å². The summed E-state index contributed by atoms with van der Waals surface area (Å²) in [6.07, 6.45) is 5.76. The van der Waals surface area contributed by atoms with Crippen LogP contribution in [0.1, 0.15) is 32.6 Å². The van der Waals surface area contributed by atoms with E-state index in [4.69, 9.17) is 4.74 Å². The lowest BCUT2D eigenvalue weighted by Gasteiger charge is -2.38. The van der Waals surface area contributed by atoms with Crippen molar-refractivity contribution in [3.63, 3.8) is 0 Å². The topological polar surface area (TPSA) is 67.3 Å². The Labute approximate surface area is 121 Å². The Morgan fingerprint density at radius 2 is 2.21 bits per heavy atom. The highest BCUT2D eigenvalue weighted by Crippen LogP contribution is 2.34. The number of methoxy groups -OCH3 is 1. The van der Waals surface area contributed by atoms with Crippen molar-refractivity contribution < 1.29 is 9.84 Å². The lowest BCUT2D eigenvalue weighted by molar-refractivity contribution is 0.154. The minimum absolute atomic E-state index is 0.0987. The molecule has 1 fully saturated rings. The number of halogens is 1. The molecule has 106 valence electrons. The van der Waals surface area contributed by atoms with Gasteiger partial charge in [-0.2, -0.15) is 4.98 Å². The number of hydrogen-bond donors (Lipinski definition) is 2. The molecule has 1 aliphatic carbocycles. The Balaban J connectivity index is 2.14. The van der Waals surface area contributed by atoms with E-state index < -0.39 is 0 Å². The Morgan fingerprint density at radius 1 is 1.53 bits per heavy atom. The maximum absolute atomic E-state index is 9.71. The Bertz CT molecular complexity index is 434. The van der Waals surface area contributed by atoms with E-state index in [0.717, 1.165) is 36.1 Å². The first-order valence-corrected chi connectivity index (χ1v) is 7.33. The van der Waals surface area contributed by atoms with Gasteiger partial charge < -0.3 is 15.2 Å². The molecular weight excluding hydrogens is 310 g/mol. The Morgan fingerprint density at radius 3 is 2.79 bits per heavy atom. The van der Waals surface area contributed by atoms with Gasteiger partial charge in [-0.15, -0.1) is 0 Å². The summed E-state index contributed by atoms with van der Waals surface area (Å²) in [6.45, 7) is 2.35. The van der Waals surface area contributed by atoms with E-state index in [1.807, 2.05) is 0 Å². The van der Waals surface area contributed by atoms with Crippen molar-refractivity contribution in [1.82, 2.24) is 9.97 Å². The molecule has 1 aromatic heterocycles. The summed E-state index contributed by atoms with van der Waals surface area (Å²) < 4.78 is 5.88. The van der Waals surface area contributed by atoms with E-state index >= 15 is 0 Å². The van der Waals surface area contributed by atoms with Gasteiger partial charge in [0.2, 0.25) is 11.8 Å². The summed E-state index contributed by atoms with van der Waals surface area (Å²) in [6, 6.07) is 0. The van der Waals surface area contributed by atoms with E-state index in [1.54, 1.807) is 13.3 Å². The molecule has 0 unspecified atom stereocenters. The highest BCUT2D eigenvalue weighted by molar-refractivity contribution is 9.10. The molecule has 0 bridgehead atoms. The smallest absolute Gasteiger partial charge is 0.232 e. The van der Waals surface area contributed by atoms with Crippen LogP contribution in [0, 0.1) is 5.92 Å². The molecule has 1 aliphatic rings. The van der Waals surface area contributed by atoms with Crippen molar-refractivity contribution in [3.05, 3.63) is 10.7 Å². The number of anilines is 1. The first kappa shape index (κ1) is 14.5. The molecule has 1 saturated carbocycles. The fourth-order valence-corrected chi connectivity index (χ4v) is 2.78. The summed E-state index contributed by atoms with van der Waals surface area (Å²) in [5.41, 5.74) is -0.300. The zero-order valence-corrected chi connectivity index (χ0v) is 12.9. The minimum Gasteiger partial charge on any atom is -0.480 e. The van der Waals surface area contributed by atoms with Crippen LogP contribution in [-0.2, 0) is 0 Å². The lowest BCUT2D eigenvalue weighted by atomic mass is 9.77. The summed E-state index contributed by atoms with van der Waals surface area (Å²) in [4.78, 5) is 8.53. The standard InChI is InChI=1S/C13H20BrN3O2/c1-9-3-5-13(8-18,6-4-9)17-12-15-7-10(14)11(16-12)19-2/h7,9,18H,3-6,8H2,1-2H3,(H,15,16,17). The Hall–Kier alpha value is -0.880. The summed E-state index contributed by atoms with van der Waals surface area (Å²) in [5, 5.41) is 13.0. The van der Waals surface area contributed by atoms with E-state index in [9.17, 15) is 5.11 Å². The van der Waals surface area contributed by atoms with Gasteiger partial charge in [0, 0.05) is 0 Å². The van der Waals surface area contributed by atoms with Crippen LogP contribution in [0.25, 0.3) is 0 Å². The maximum Gasteiger partial charge on any atom is 0.232 e. The number of ether oxygens (including phenoxy) is 1. The van der Waals surface area contributed by atoms with Gasteiger partial charge in [-0.3, -0.25) is 0 Å². The number of nitrogens with zero attached hydrogens (tertiary/aromatic N) is 2. The van der Waals surface area contributed by atoms with Crippen LogP contribution in [-0.4, -0.2) is 34.3 Å². The van der Waals surface area contributed by atoms with E-state index in [-0.39, 0.29) is 12.1 Å². The van der Waals surface area contributed by atoms with Gasteiger partial charge in [-0.1, -0.05) is 6.92 Å². The first-order chi connectivity index (χ1) is 9.08. The van der Waals surface area contributed by atoms with E-state index in [2.05, 4.69) is 38.1 Å².